The van der Waals surface area contributed by atoms with E-state index in [1.54, 1.807) is 7.11 Å². The van der Waals surface area contributed by atoms with Gasteiger partial charge < -0.3 is 14.2 Å². The van der Waals surface area contributed by atoms with E-state index in [1.807, 2.05) is 18.2 Å². The first-order valence-electron chi connectivity index (χ1n) is 6.11. The normalized spacial score (nSPS) is 10.7. The van der Waals surface area contributed by atoms with Crippen LogP contribution in [-0.4, -0.2) is 26.9 Å². The zero-order valence-electron chi connectivity index (χ0n) is 11.2. The van der Waals surface area contributed by atoms with Crippen molar-refractivity contribution in [2.75, 3.05) is 26.9 Å². The maximum absolute atomic E-state index is 5.88. The predicted octanol–water partition coefficient (Wildman–Crippen LogP) is 3.49. The number of para-hydroxylation sites is 1. The number of alkyl halides is 1. The molecule has 1 aromatic carbocycles. The van der Waals surface area contributed by atoms with E-state index in [2.05, 4.69) is 13.8 Å². The standard InChI is InChI=1S/C14H21ClO3/c1-11(2)10-17-7-8-18-14-12(9-15)5-4-6-13(14)16-3/h4-6,11H,7-10H2,1-3H3. The van der Waals surface area contributed by atoms with Crippen LogP contribution in [0.4, 0.5) is 0 Å². The summed E-state index contributed by atoms with van der Waals surface area (Å²) in [5.41, 5.74) is 0.930. The maximum atomic E-state index is 5.88. The lowest BCUT2D eigenvalue weighted by Gasteiger charge is -2.14. The van der Waals surface area contributed by atoms with Gasteiger partial charge in [-0.1, -0.05) is 26.0 Å². The minimum absolute atomic E-state index is 0.402. The van der Waals surface area contributed by atoms with E-state index >= 15 is 0 Å². The molecule has 102 valence electrons. The van der Waals surface area contributed by atoms with E-state index in [0.717, 1.165) is 12.2 Å². The molecule has 0 unspecified atom stereocenters. The first-order valence-corrected chi connectivity index (χ1v) is 6.64. The minimum Gasteiger partial charge on any atom is -0.493 e. The van der Waals surface area contributed by atoms with Crippen molar-refractivity contribution < 1.29 is 14.2 Å². The molecule has 0 amide bonds. The summed E-state index contributed by atoms with van der Waals surface area (Å²) in [4.78, 5) is 0. The van der Waals surface area contributed by atoms with Gasteiger partial charge in [0, 0.05) is 12.2 Å². The predicted molar refractivity (Wildman–Crippen MR) is 73.7 cm³/mol. The second kappa shape index (κ2) is 8.22. The van der Waals surface area contributed by atoms with Crippen LogP contribution in [0.5, 0.6) is 11.5 Å². The van der Waals surface area contributed by atoms with Gasteiger partial charge in [-0.2, -0.15) is 0 Å². The molecule has 0 atom stereocenters. The van der Waals surface area contributed by atoms with Gasteiger partial charge in [0.15, 0.2) is 11.5 Å². The molecule has 0 aromatic heterocycles. The molecular weight excluding hydrogens is 252 g/mol. The highest BCUT2D eigenvalue weighted by atomic mass is 35.5. The quantitative estimate of drug-likeness (QED) is 0.536. The van der Waals surface area contributed by atoms with Gasteiger partial charge in [0.25, 0.3) is 0 Å². The monoisotopic (exact) mass is 272 g/mol. The molecule has 0 radical (unpaired) electrons. The number of benzene rings is 1. The molecule has 1 aromatic rings. The van der Waals surface area contributed by atoms with Gasteiger partial charge in [-0.25, -0.2) is 0 Å². The Kier molecular flexibility index (Phi) is 6.91. The molecule has 0 saturated carbocycles. The molecular formula is C14H21ClO3. The Morgan fingerprint density at radius 2 is 2.00 bits per heavy atom. The van der Waals surface area contributed by atoms with E-state index in [9.17, 15) is 0 Å². The number of methoxy groups -OCH3 is 1. The summed E-state index contributed by atoms with van der Waals surface area (Å²) in [6, 6.07) is 5.69. The van der Waals surface area contributed by atoms with Gasteiger partial charge in [0.1, 0.15) is 6.61 Å². The van der Waals surface area contributed by atoms with Crippen LogP contribution in [0.2, 0.25) is 0 Å². The van der Waals surface area contributed by atoms with Crippen molar-refractivity contribution in [3.8, 4) is 11.5 Å². The molecule has 0 bridgehead atoms. The van der Waals surface area contributed by atoms with Crippen LogP contribution in [0.25, 0.3) is 0 Å². The van der Waals surface area contributed by atoms with Crippen LogP contribution < -0.4 is 9.47 Å². The van der Waals surface area contributed by atoms with Crippen LogP contribution in [0.1, 0.15) is 19.4 Å². The van der Waals surface area contributed by atoms with Crippen LogP contribution in [0, 0.1) is 5.92 Å². The Labute approximate surface area is 114 Å². The van der Waals surface area contributed by atoms with Crippen molar-refractivity contribution in [2.45, 2.75) is 19.7 Å². The van der Waals surface area contributed by atoms with Crippen LogP contribution in [-0.2, 0) is 10.6 Å². The Balaban J connectivity index is 2.50. The van der Waals surface area contributed by atoms with E-state index < -0.39 is 0 Å². The Morgan fingerprint density at radius 3 is 2.61 bits per heavy atom. The van der Waals surface area contributed by atoms with E-state index in [0.29, 0.717) is 36.5 Å². The summed E-state index contributed by atoms with van der Waals surface area (Å²) in [5, 5.41) is 0. The van der Waals surface area contributed by atoms with Gasteiger partial charge >= 0.3 is 0 Å². The first kappa shape index (κ1) is 15.1. The zero-order valence-corrected chi connectivity index (χ0v) is 12.0. The van der Waals surface area contributed by atoms with E-state index in [-0.39, 0.29) is 0 Å². The van der Waals surface area contributed by atoms with Gasteiger partial charge in [-0.15, -0.1) is 11.6 Å². The molecule has 4 heteroatoms. The lowest BCUT2D eigenvalue weighted by atomic mass is 10.2. The first-order chi connectivity index (χ1) is 8.69. The largest absolute Gasteiger partial charge is 0.493 e. The molecule has 0 fully saturated rings. The third-order valence-electron chi connectivity index (χ3n) is 2.35. The number of rotatable bonds is 8. The van der Waals surface area contributed by atoms with Crippen molar-refractivity contribution >= 4 is 11.6 Å². The average Bonchev–Trinajstić information content (AvgIpc) is 2.37. The van der Waals surface area contributed by atoms with Crippen molar-refractivity contribution in [3.05, 3.63) is 23.8 Å². The molecule has 0 aliphatic heterocycles. The number of hydrogen-bond acceptors (Lipinski definition) is 3. The lowest BCUT2D eigenvalue weighted by Crippen LogP contribution is -2.11. The van der Waals surface area contributed by atoms with Crippen LogP contribution in [0.15, 0.2) is 18.2 Å². The van der Waals surface area contributed by atoms with E-state index in [4.69, 9.17) is 25.8 Å². The van der Waals surface area contributed by atoms with Crippen LogP contribution in [0.3, 0.4) is 0 Å². The van der Waals surface area contributed by atoms with Crippen molar-refractivity contribution in [2.24, 2.45) is 5.92 Å². The highest BCUT2D eigenvalue weighted by molar-refractivity contribution is 6.17. The molecule has 3 nitrogen and oxygen atoms in total. The highest BCUT2D eigenvalue weighted by Gasteiger charge is 2.09. The Bertz CT molecular complexity index is 331. The Morgan fingerprint density at radius 1 is 1.22 bits per heavy atom. The summed E-state index contributed by atoms with van der Waals surface area (Å²) in [7, 11) is 1.62. The van der Waals surface area contributed by atoms with Gasteiger partial charge in [-0.05, 0) is 12.0 Å². The summed E-state index contributed by atoms with van der Waals surface area (Å²) >= 11 is 5.88. The molecule has 0 heterocycles. The molecule has 0 spiro atoms. The maximum Gasteiger partial charge on any atom is 0.165 e. The minimum atomic E-state index is 0.402. The van der Waals surface area contributed by atoms with Crippen LogP contribution >= 0.6 is 11.6 Å². The average molecular weight is 273 g/mol. The molecule has 0 aliphatic carbocycles. The number of ether oxygens (including phenoxy) is 3. The zero-order chi connectivity index (χ0) is 13.4. The fraction of sp³-hybridized carbons (Fsp3) is 0.571. The summed E-state index contributed by atoms with van der Waals surface area (Å²) in [6.07, 6.45) is 0. The molecule has 0 saturated heterocycles. The lowest BCUT2D eigenvalue weighted by molar-refractivity contribution is 0.0808. The summed E-state index contributed by atoms with van der Waals surface area (Å²) in [5.74, 6) is 2.36. The highest BCUT2D eigenvalue weighted by Crippen LogP contribution is 2.31. The topological polar surface area (TPSA) is 27.7 Å². The molecule has 0 N–H and O–H groups in total. The third kappa shape index (κ3) is 4.75. The van der Waals surface area contributed by atoms with Gasteiger partial charge in [-0.3, -0.25) is 0 Å². The number of hydrogen-bond donors (Lipinski definition) is 0. The van der Waals surface area contributed by atoms with Crippen molar-refractivity contribution in [1.29, 1.82) is 0 Å². The second-order valence-electron chi connectivity index (χ2n) is 4.40. The fourth-order valence-corrected chi connectivity index (χ4v) is 1.72. The van der Waals surface area contributed by atoms with Gasteiger partial charge in [0.05, 0.1) is 19.6 Å². The van der Waals surface area contributed by atoms with Crippen molar-refractivity contribution in [1.82, 2.24) is 0 Å². The summed E-state index contributed by atoms with van der Waals surface area (Å²) in [6.45, 7) is 6.05. The molecule has 1 rings (SSSR count). The third-order valence-corrected chi connectivity index (χ3v) is 2.64. The fourth-order valence-electron chi connectivity index (χ4n) is 1.51. The summed E-state index contributed by atoms with van der Waals surface area (Å²) < 4.78 is 16.4. The number of halogens is 1. The molecule has 18 heavy (non-hydrogen) atoms. The van der Waals surface area contributed by atoms with Crippen molar-refractivity contribution in [3.63, 3.8) is 0 Å². The van der Waals surface area contributed by atoms with E-state index in [1.165, 1.54) is 0 Å². The Hall–Kier alpha value is -0.930. The molecule has 0 aliphatic rings. The van der Waals surface area contributed by atoms with Gasteiger partial charge in [0.2, 0.25) is 0 Å². The smallest absolute Gasteiger partial charge is 0.165 e. The SMILES string of the molecule is COc1cccc(CCl)c1OCCOCC(C)C. The second-order valence-corrected chi connectivity index (χ2v) is 4.67.